The van der Waals surface area contributed by atoms with Crippen LogP contribution in [0.4, 0.5) is 13.2 Å². The van der Waals surface area contributed by atoms with Crippen LogP contribution in [0.5, 0.6) is 0 Å². The van der Waals surface area contributed by atoms with Gasteiger partial charge in [0.1, 0.15) is 6.04 Å². The zero-order valence-corrected chi connectivity index (χ0v) is 8.13. The van der Waals surface area contributed by atoms with Crippen LogP contribution in [-0.4, -0.2) is 6.18 Å². The lowest BCUT2D eigenvalue weighted by Gasteiger charge is -2.14. The molecule has 1 aromatic rings. The molecule has 1 unspecified atom stereocenters. The third-order valence-electron chi connectivity index (χ3n) is 1.33. The average Bonchev–Trinajstić information content (AvgIpc) is 2.31. The number of hydrogen-bond acceptors (Lipinski definition) is 2. The van der Waals surface area contributed by atoms with E-state index in [0.29, 0.717) is 4.47 Å². The standard InChI is InChI=1S/C6H5BrF3NS/c7-4-2-12-1-3(4)5(11)6(8,9)10/h1-2,5H,11H2. The molecule has 0 saturated heterocycles. The number of thiophene rings is 1. The molecule has 6 heteroatoms. The molecule has 68 valence electrons. The fourth-order valence-corrected chi connectivity index (χ4v) is 2.27. The van der Waals surface area contributed by atoms with Gasteiger partial charge in [-0.25, -0.2) is 0 Å². The summed E-state index contributed by atoms with van der Waals surface area (Å²) in [6, 6.07) is -1.89. The molecule has 0 aliphatic carbocycles. The lowest BCUT2D eigenvalue weighted by atomic mass is 10.1. The lowest BCUT2D eigenvalue weighted by molar-refractivity contribution is -0.149. The number of nitrogens with two attached hydrogens (primary N) is 1. The van der Waals surface area contributed by atoms with Gasteiger partial charge < -0.3 is 5.73 Å². The van der Waals surface area contributed by atoms with Gasteiger partial charge in [-0.3, -0.25) is 0 Å². The van der Waals surface area contributed by atoms with Crippen LogP contribution in [0.25, 0.3) is 0 Å². The van der Waals surface area contributed by atoms with E-state index >= 15 is 0 Å². The number of alkyl halides is 3. The molecule has 0 spiro atoms. The van der Waals surface area contributed by atoms with Crippen molar-refractivity contribution in [2.24, 2.45) is 5.73 Å². The highest BCUT2D eigenvalue weighted by atomic mass is 79.9. The Morgan fingerprint density at radius 1 is 1.42 bits per heavy atom. The number of rotatable bonds is 1. The van der Waals surface area contributed by atoms with Gasteiger partial charge in [-0.15, -0.1) is 0 Å². The van der Waals surface area contributed by atoms with E-state index in [0.717, 1.165) is 0 Å². The van der Waals surface area contributed by atoms with Gasteiger partial charge in [-0.1, -0.05) is 0 Å². The summed E-state index contributed by atoms with van der Waals surface area (Å²) < 4.78 is 36.6. The summed E-state index contributed by atoms with van der Waals surface area (Å²) in [6.07, 6.45) is -4.37. The van der Waals surface area contributed by atoms with Crippen molar-refractivity contribution < 1.29 is 13.2 Å². The fraction of sp³-hybridized carbons (Fsp3) is 0.333. The minimum atomic E-state index is -4.37. The highest BCUT2D eigenvalue weighted by molar-refractivity contribution is 9.10. The Bertz CT molecular complexity index is 270. The van der Waals surface area contributed by atoms with Crippen LogP contribution in [0.3, 0.4) is 0 Å². The molecule has 1 rings (SSSR count). The Morgan fingerprint density at radius 3 is 2.33 bits per heavy atom. The van der Waals surface area contributed by atoms with Crippen LogP contribution in [-0.2, 0) is 0 Å². The van der Waals surface area contributed by atoms with E-state index in [-0.39, 0.29) is 5.56 Å². The second-order valence-corrected chi connectivity index (χ2v) is 3.79. The molecule has 12 heavy (non-hydrogen) atoms. The van der Waals surface area contributed by atoms with Gasteiger partial charge in [0.2, 0.25) is 0 Å². The summed E-state index contributed by atoms with van der Waals surface area (Å²) in [4.78, 5) is 0. The molecule has 2 N–H and O–H groups in total. The molecule has 0 aromatic carbocycles. The van der Waals surface area contributed by atoms with Crippen LogP contribution in [0.2, 0.25) is 0 Å². The van der Waals surface area contributed by atoms with Crippen LogP contribution < -0.4 is 5.73 Å². The van der Waals surface area contributed by atoms with E-state index in [4.69, 9.17) is 5.73 Å². The van der Waals surface area contributed by atoms with Gasteiger partial charge in [-0.05, 0) is 21.3 Å². The second-order valence-electron chi connectivity index (χ2n) is 2.19. The maximum atomic E-state index is 12.1. The zero-order chi connectivity index (χ0) is 9.35. The normalized spacial score (nSPS) is 14.8. The second kappa shape index (κ2) is 3.35. The molecule has 0 amide bonds. The Hall–Kier alpha value is -0.0700. The Balaban J connectivity index is 2.92. The van der Waals surface area contributed by atoms with Gasteiger partial charge >= 0.3 is 6.18 Å². The molecular formula is C6H5BrF3NS. The average molecular weight is 260 g/mol. The predicted octanol–water partition coefficient (Wildman–Crippen LogP) is 3.07. The van der Waals surface area contributed by atoms with E-state index in [2.05, 4.69) is 15.9 Å². The highest BCUT2D eigenvalue weighted by Crippen LogP contribution is 2.35. The Morgan fingerprint density at radius 2 is 2.00 bits per heavy atom. The summed E-state index contributed by atoms with van der Waals surface area (Å²) in [6.45, 7) is 0. The third kappa shape index (κ3) is 1.99. The molecule has 0 fully saturated rings. The molecule has 1 heterocycles. The molecule has 1 nitrogen and oxygen atoms in total. The van der Waals surface area contributed by atoms with E-state index < -0.39 is 12.2 Å². The number of hydrogen-bond donors (Lipinski definition) is 1. The first kappa shape index (κ1) is 10.0. The van der Waals surface area contributed by atoms with Crippen molar-refractivity contribution in [1.82, 2.24) is 0 Å². The Labute approximate surface area is 79.5 Å². The van der Waals surface area contributed by atoms with E-state index in [1.54, 1.807) is 5.38 Å². The molecule has 0 bridgehead atoms. The first-order chi connectivity index (χ1) is 5.43. The van der Waals surface area contributed by atoms with Gasteiger partial charge in [0.15, 0.2) is 0 Å². The smallest absolute Gasteiger partial charge is 0.316 e. The van der Waals surface area contributed by atoms with Crippen molar-refractivity contribution in [2.75, 3.05) is 0 Å². The van der Waals surface area contributed by atoms with Crippen LogP contribution >= 0.6 is 27.3 Å². The minimum Gasteiger partial charge on any atom is -0.316 e. The number of halogens is 4. The molecule has 0 aliphatic heterocycles. The first-order valence-corrected chi connectivity index (χ1v) is 4.70. The van der Waals surface area contributed by atoms with Crippen molar-refractivity contribution in [3.63, 3.8) is 0 Å². The SMILES string of the molecule is NC(c1cscc1Br)C(F)(F)F. The molecule has 0 radical (unpaired) electrons. The van der Waals surface area contributed by atoms with E-state index in [1.165, 1.54) is 16.7 Å². The predicted molar refractivity (Wildman–Crippen MR) is 45.0 cm³/mol. The summed E-state index contributed by atoms with van der Waals surface area (Å²) >= 11 is 4.17. The van der Waals surface area contributed by atoms with E-state index in [9.17, 15) is 13.2 Å². The van der Waals surface area contributed by atoms with Crippen molar-refractivity contribution in [3.8, 4) is 0 Å². The third-order valence-corrected chi connectivity index (χ3v) is 3.08. The Kier molecular flexibility index (Phi) is 2.80. The quantitative estimate of drug-likeness (QED) is 0.825. The summed E-state index contributed by atoms with van der Waals surface area (Å²) in [5.74, 6) is 0. The molecule has 0 saturated carbocycles. The molecular weight excluding hydrogens is 255 g/mol. The largest absolute Gasteiger partial charge is 0.407 e. The van der Waals surface area contributed by atoms with Crippen molar-refractivity contribution >= 4 is 27.3 Å². The van der Waals surface area contributed by atoms with Crippen LogP contribution in [0, 0.1) is 0 Å². The van der Waals surface area contributed by atoms with Gasteiger partial charge in [0.05, 0.1) is 0 Å². The van der Waals surface area contributed by atoms with Crippen molar-refractivity contribution in [2.45, 2.75) is 12.2 Å². The van der Waals surface area contributed by atoms with Gasteiger partial charge in [-0.2, -0.15) is 24.5 Å². The summed E-state index contributed by atoms with van der Waals surface area (Å²) in [7, 11) is 0. The molecule has 0 aliphatic rings. The van der Waals surface area contributed by atoms with Gasteiger partial charge in [0, 0.05) is 15.4 Å². The highest BCUT2D eigenvalue weighted by Gasteiger charge is 2.38. The van der Waals surface area contributed by atoms with Crippen LogP contribution in [0.1, 0.15) is 11.6 Å². The monoisotopic (exact) mass is 259 g/mol. The summed E-state index contributed by atoms with van der Waals surface area (Å²) in [5, 5.41) is 2.96. The molecule has 1 aromatic heterocycles. The molecule has 1 atom stereocenters. The lowest BCUT2D eigenvalue weighted by Crippen LogP contribution is -2.28. The fourth-order valence-electron chi connectivity index (χ4n) is 0.690. The van der Waals surface area contributed by atoms with Crippen molar-refractivity contribution in [1.29, 1.82) is 0 Å². The maximum absolute atomic E-state index is 12.1. The van der Waals surface area contributed by atoms with E-state index in [1.807, 2.05) is 0 Å². The van der Waals surface area contributed by atoms with Gasteiger partial charge in [0.25, 0.3) is 0 Å². The van der Waals surface area contributed by atoms with Crippen molar-refractivity contribution in [3.05, 3.63) is 20.8 Å². The topological polar surface area (TPSA) is 26.0 Å². The summed E-state index contributed by atoms with van der Waals surface area (Å²) in [5.41, 5.74) is 5.06. The van der Waals surface area contributed by atoms with Crippen LogP contribution in [0.15, 0.2) is 15.2 Å². The maximum Gasteiger partial charge on any atom is 0.407 e. The minimum absolute atomic E-state index is 0.0903. The zero-order valence-electron chi connectivity index (χ0n) is 5.73. The first-order valence-electron chi connectivity index (χ1n) is 2.97.